The molecule has 0 unspecified atom stereocenters. The standard InChI is InChI=1S/C16H24FN3O4S/c1-25(22,23)20(15-5-3-14(17)4-6-15)13-16(21)18-7-2-8-19-9-11-24-12-10-19/h3-6H,2,7-13H2,1H3,(H,18,21)/p+1. The summed E-state index contributed by atoms with van der Waals surface area (Å²) in [4.78, 5) is 13.5. The molecule has 1 saturated heterocycles. The van der Waals surface area contributed by atoms with Crippen molar-refractivity contribution in [1.82, 2.24) is 5.32 Å². The number of benzene rings is 1. The van der Waals surface area contributed by atoms with E-state index >= 15 is 0 Å². The molecule has 9 heteroatoms. The number of halogens is 1. The average molecular weight is 374 g/mol. The van der Waals surface area contributed by atoms with E-state index < -0.39 is 15.8 Å². The molecular formula is C16H25FN3O4S+. The van der Waals surface area contributed by atoms with Crippen LogP contribution >= 0.6 is 0 Å². The number of morpholine rings is 1. The Balaban J connectivity index is 1.82. The van der Waals surface area contributed by atoms with E-state index in [1.54, 1.807) is 0 Å². The first kappa shape index (κ1) is 19.6. The van der Waals surface area contributed by atoms with Crippen LogP contribution < -0.4 is 14.5 Å². The summed E-state index contributed by atoms with van der Waals surface area (Å²) in [5, 5.41) is 2.74. The number of ether oxygens (including phenoxy) is 1. The molecule has 0 aromatic heterocycles. The van der Waals surface area contributed by atoms with Crippen LogP contribution in [0.5, 0.6) is 0 Å². The molecule has 1 aliphatic heterocycles. The number of hydrogen-bond acceptors (Lipinski definition) is 4. The number of anilines is 1. The second-order valence-electron chi connectivity index (χ2n) is 6.06. The second-order valence-corrected chi connectivity index (χ2v) is 7.97. The Morgan fingerprint density at radius 1 is 1.28 bits per heavy atom. The summed E-state index contributed by atoms with van der Waals surface area (Å²) in [6.45, 7) is 4.59. The van der Waals surface area contributed by atoms with Gasteiger partial charge in [0.2, 0.25) is 15.9 Å². The lowest BCUT2D eigenvalue weighted by Gasteiger charge is -2.24. The van der Waals surface area contributed by atoms with E-state index in [0.29, 0.717) is 6.54 Å². The summed E-state index contributed by atoms with van der Waals surface area (Å²) >= 11 is 0. The number of amides is 1. The minimum atomic E-state index is -3.64. The Labute approximate surface area is 147 Å². The molecule has 0 spiro atoms. The lowest BCUT2D eigenvalue weighted by Crippen LogP contribution is -3.14. The van der Waals surface area contributed by atoms with Crippen LogP contribution in [0.2, 0.25) is 0 Å². The van der Waals surface area contributed by atoms with Gasteiger partial charge in [0.25, 0.3) is 0 Å². The van der Waals surface area contributed by atoms with E-state index in [9.17, 15) is 17.6 Å². The van der Waals surface area contributed by atoms with Crippen LogP contribution in [0.1, 0.15) is 6.42 Å². The molecule has 25 heavy (non-hydrogen) atoms. The van der Waals surface area contributed by atoms with Crippen LogP contribution in [-0.2, 0) is 19.6 Å². The summed E-state index contributed by atoms with van der Waals surface area (Å²) in [5.74, 6) is -0.848. The van der Waals surface area contributed by atoms with E-state index in [4.69, 9.17) is 4.74 Å². The van der Waals surface area contributed by atoms with E-state index in [2.05, 4.69) is 5.32 Å². The highest BCUT2D eigenvalue weighted by Crippen LogP contribution is 2.17. The highest BCUT2D eigenvalue weighted by molar-refractivity contribution is 7.92. The highest BCUT2D eigenvalue weighted by atomic mass is 32.2. The molecule has 0 atom stereocenters. The van der Waals surface area contributed by atoms with Crippen LogP contribution in [0.25, 0.3) is 0 Å². The molecule has 1 heterocycles. The summed E-state index contributed by atoms with van der Waals surface area (Å²) in [5.41, 5.74) is 0.261. The molecule has 1 aromatic rings. The lowest BCUT2D eigenvalue weighted by molar-refractivity contribution is -0.908. The number of quaternary nitrogens is 1. The average Bonchev–Trinajstić information content (AvgIpc) is 2.57. The first-order chi connectivity index (χ1) is 11.9. The predicted octanol–water partition coefficient (Wildman–Crippen LogP) is -0.987. The molecule has 1 aliphatic rings. The third kappa shape index (κ3) is 6.60. The number of carbonyl (C=O) groups excluding carboxylic acids is 1. The Kier molecular flexibility index (Phi) is 7.15. The van der Waals surface area contributed by atoms with Crippen LogP contribution in [0.3, 0.4) is 0 Å². The Hall–Kier alpha value is -1.71. The maximum atomic E-state index is 13.0. The molecule has 7 nitrogen and oxygen atoms in total. The predicted molar refractivity (Wildman–Crippen MR) is 92.6 cm³/mol. The molecule has 1 amide bonds. The zero-order valence-electron chi connectivity index (χ0n) is 14.3. The van der Waals surface area contributed by atoms with Crippen molar-refractivity contribution in [2.45, 2.75) is 6.42 Å². The number of carbonyl (C=O) groups is 1. The monoisotopic (exact) mass is 374 g/mol. The van der Waals surface area contributed by atoms with Gasteiger partial charge in [0.05, 0.1) is 31.7 Å². The van der Waals surface area contributed by atoms with Crippen molar-refractivity contribution < 1.29 is 27.2 Å². The number of sulfonamides is 1. The molecule has 2 N–H and O–H groups in total. The first-order valence-corrected chi connectivity index (χ1v) is 10.1. The third-order valence-electron chi connectivity index (χ3n) is 4.03. The van der Waals surface area contributed by atoms with Crippen molar-refractivity contribution in [2.24, 2.45) is 0 Å². The van der Waals surface area contributed by atoms with Gasteiger partial charge in [-0.05, 0) is 24.3 Å². The SMILES string of the molecule is CS(=O)(=O)N(CC(=O)NCCC[NH+]1CCOCC1)c1ccc(F)cc1. The van der Waals surface area contributed by atoms with E-state index in [0.717, 1.165) is 62.0 Å². The van der Waals surface area contributed by atoms with Gasteiger partial charge in [-0.2, -0.15) is 0 Å². The fraction of sp³-hybridized carbons (Fsp3) is 0.562. The minimum absolute atomic E-state index is 0.261. The smallest absolute Gasteiger partial charge is 0.240 e. The molecule has 0 bridgehead atoms. The molecule has 1 aromatic carbocycles. The summed E-state index contributed by atoms with van der Waals surface area (Å²) in [6, 6.07) is 5.00. The topological polar surface area (TPSA) is 80.2 Å². The van der Waals surface area contributed by atoms with Gasteiger partial charge in [0.15, 0.2) is 0 Å². The molecule has 1 fully saturated rings. The Bertz CT molecular complexity index is 660. The molecule has 2 rings (SSSR count). The number of nitrogens with one attached hydrogen (secondary N) is 2. The molecular weight excluding hydrogens is 349 g/mol. The van der Waals surface area contributed by atoms with Gasteiger partial charge in [-0.15, -0.1) is 0 Å². The zero-order valence-corrected chi connectivity index (χ0v) is 15.1. The summed E-state index contributed by atoms with van der Waals surface area (Å²) in [7, 11) is -3.64. The van der Waals surface area contributed by atoms with Crippen molar-refractivity contribution in [1.29, 1.82) is 0 Å². The maximum absolute atomic E-state index is 13.0. The van der Waals surface area contributed by atoms with Gasteiger partial charge in [0, 0.05) is 13.0 Å². The van der Waals surface area contributed by atoms with Gasteiger partial charge in [0.1, 0.15) is 25.5 Å². The Morgan fingerprint density at radius 2 is 1.92 bits per heavy atom. The summed E-state index contributed by atoms with van der Waals surface area (Å²) < 4.78 is 43.1. The minimum Gasteiger partial charge on any atom is -0.370 e. The van der Waals surface area contributed by atoms with Gasteiger partial charge < -0.3 is 15.0 Å². The van der Waals surface area contributed by atoms with Crippen LogP contribution in [0, 0.1) is 5.82 Å². The highest BCUT2D eigenvalue weighted by Gasteiger charge is 2.21. The number of nitrogens with zero attached hydrogens (tertiary/aromatic N) is 1. The normalized spacial score (nSPS) is 15.8. The van der Waals surface area contributed by atoms with Gasteiger partial charge in [-0.25, -0.2) is 12.8 Å². The lowest BCUT2D eigenvalue weighted by atomic mass is 10.3. The maximum Gasteiger partial charge on any atom is 0.240 e. The van der Waals surface area contributed by atoms with Crippen molar-refractivity contribution >= 4 is 21.6 Å². The first-order valence-electron chi connectivity index (χ1n) is 8.27. The van der Waals surface area contributed by atoms with Crippen molar-refractivity contribution in [3.05, 3.63) is 30.1 Å². The second kappa shape index (κ2) is 9.12. The van der Waals surface area contributed by atoms with Crippen molar-refractivity contribution in [2.75, 3.05) is 56.5 Å². The third-order valence-corrected chi connectivity index (χ3v) is 5.17. The largest absolute Gasteiger partial charge is 0.370 e. The van der Waals surface area contributed by atoms with Gasteiger partial charge in [-0.3, -0.25) is 9.10 Å². The van der Waals surface area contributed by atoms with Crippen LogP contribution in [0.4, 0.5) is 10.1 Å². The van der Waals surface area contributed by atoms with Crippen LogP contribution in [0.15, 0.2) is 24.3 Å². The molecule has 0 radical (unpaired) electrons. The van der Waals surface area contributed by atoms with E-state index in [1.807, 2.05) is 0 Å². The zero-order chi connectivity index (χ0) is 18.3. The molecule has 0 saturated carbocycles. The quantitative estimate of drug-likeness (QED) is 0.573. The number of hydrogen-bond donors (Lipinski definition) is 2. The fourth-order valence-corrected chi connectivity index (χ4v) is 3.53. The van der Waals surface area contributed by atoms with Gasteiger partial charge in [-0.1, -0.05) is 0 Å². The molecule has 140 valence electrons. The summed E-state index contributed by atoms with van der Waals surface area (Å²) in [6.07, 6.45) is 1.84. The number of rotatable bonds is 8. The van der Waals surface area contributed by atoms with Crippen LogP contribution in [-0.4, -0.2) is 66.5 Å². The Morgan fingerprint density at radius 3 is 2.52 bits per heavy atom. The van der Waals surface area contributed by atoms with E-state index in [-0.39, 0.29) is 18.1 Å². The van der Waals surface area contributed by atoms with Crippen molar-refractivity contribution in [3.8, 4) is 0 Å². The van der Waals surface area contributed by atoms with Crippen molar-refractivity contribution in [3.63, 3.8) is 0 Å². The fourth-order valence-electron chi connectivity index (χ4n) is 2.67. The molecule has 0 aliphatic carbocycles. The van der Waals surface area contributed by atoms with E-state index in [1.165, 1.54) is 17.0 Å². The van der Waals surface area contributed by atoms with Gasteiger partial charge >= 0.3 is 0 Å².